The fourth-order valence-corrected chi connectivity index (χ4v) is 4.61. The van der Waals surface area contributed by atoms with Crippen LogP contribution in [-0.4, -0.2) is 15.0 Å². The van der Waals surface area contributed by atoms with Crippen LogP contribution >= 0.6 is 22.9 Å². The lowest BCUT2D eigenvalue weighted by molar-refractivity contribution is 0.917. The number of thiophene rings is 1. The van der Waals surface area contributed by atoms with Crippen molar-refractivity contribution in [3.05, 3.63) is 39.0 Å². The molecule has 0 saturated carbocycles. The Balaban J connectivity index is 1.95. The summed E-state index contributed by atoms with van der Waals surface area (Å²) in [4.78, 5) is 16.1. The second-order valence-corrected chi connectivity index (χ2v) is 7.00. The molecule has 0 saturated heterocycles. The Morgan fingerprint density at radius 3 is 2.86 bits per heavy atom. The molecule has 3 aromatic rings. The number of rotatable bonds is 1. The molecular weight excluding hydrogens is 302 g/mol. The number of hydrogen-bond acceptors (Lipinski definition) is 4. The Labute approximate surface area is 132 Å². The summed E-state index contributed by atoms with van der Waals surface area (Å²) in [5.41, 5.74) is 4.39. The van der Waals surface area contributed by atoms with Crippen LogP contribution in [0.2, 0.25) is 5.15 Å². The molecule has 106 valence electrons. The van der Waals surface area contributed by atoms with E-state index in [1.807, 2.05) is 20.0 Å². The van der Waals surface area contributed by atoms with Gasteiger partial charge in [0.15, 0.2) is 5.82 Å². The molecule has 3 aromatic heterocycles. The lowest BCUT2D eigenvalue weighted by atomic mass is 10.1. The summed E-state index contributed by atoms with van der Waals surface area (Å²) in [6.07, 6.45) is 5.30. The molecule has 0 N–H and O–H groups in total. The molecule has 0 aliphatic heterocycles. The SMILES string of the molecule is Cc1cnc(-c2nc(Cl)c3c4c(sc3n2)CCC4)c(C)c1. The van der Waals surface area contributed by atoms with Crippen LogP contribution in [0.15, 0.2) is 12.3 Å². The number of hydrogen-bond donors (Lipinski definition) is 0. The second kappa shape index (κ2) is 4.75. The van der Waals surface area contributed by atoms with Crippen LogP contribution in [0.4, 0.5) is 0 Å². The molecule has 0 fully saturated rings. The Kier molecular flexibility index (Phi) is 2.98. The van der Waals surface area contributed by atoms with Gasteiger partial charge < -0.3 is 0 Å². The molecule has 0 radical (unpaired) electrons. The van der Waals surface area contributed by atoms with Gasteiger partial charge in [0.05, 0.1) is 5.39 Å². The fraction of sp³-hybridized carbons (Fsp3) is 0.312. The van der Waals surface area contributed by atoms with Gasteiger partial charge in [0.2, 0.25) is 0 Å². The van der Waals surface area contributed by atoms with E-state index in [9.17, 15) is 0 Å². The Morgan fingerprint density at radius 2 is 2.05 bits per heavy atom. The third-order valence-corrected chi connectivity index (χ3v) is 5.41. The molecular formula is C16H14ClN3S. The van der Waals surface area contributed by atoms with E-state index in [4.69, 9.17) is 16.6 Å². The summed E-state index contributed by atoms with van der Waals surface area (Å²) in [7, 11) is 0. The predicted molar refractivity (Wildman–Crippen MR) is 87.2 cm³/mol. The van der Waals surface area contributed by atoms with Crippen LogP contribution in [0.5, 0.6) is 0 Å². The molecule has 3 heterocycles. The minimum atomic E-state index is 0.566. The third kappa shape index (κ3) is 2.05. The number of nitrogens with zero attached hydrogens (tertiary/aromatic N) is 3. The maximum atomic E-state index is 6.45. The van der Waals surface area contributed by atoms with Crippen LogP contribution in [0.25, 0.3) is 21.7 Å². The van der Waals surface area contributed by atoms with Crippen LogP contribution in [0.1, 0.15) is 28.0 Å². The van der Waals surface area contributed by atoms with E-state index in [-0.39, 0.29) is 0 Å². The summed E-state index contributed by atoms with van der Waals surface area (Å²) in [5, 5.41) is 1.62. The standard InChI is InChI=1S/C16H14ClN3S/c1-8-6-9(2)13(18-7-8)15-19-14(17)12-10-4-3-5-11(10)21-16(12)20-15/h6-7H,3-5H2,1-2H3. The van der Waals surface area contributed by atoms with Gasteiger partial charge in [-0.15, -0.1) is 11.3 Å². The van der Waals surface area contributed by atoms with Gasteiger partial charge in [0, 0.05) is 11.1 Å². The molecule has 0 amide bonds. The van der Waals surface area contributed by atoms with Crippen molar-refractivity contribution < 1.29 is 0 Å². The first-order chi connectivity index (χ1) is 10.1. The normalized spacial score (nSPS) is 13.9. The molecule has 3 nitrogen and oxygen atoms in total. The summed E-state index contributed by atoms with van der Waals surface area (Å²) in [6, 6.07) is 2.10. The molecule has 21 heavy (non-hydrogen) atoms. The van der Waals surface area contributed by atoms with E-state index >= 15 is 0 Å². The van der Waals surface area contributed by atoms with Gasteiger partial charge in [-0.3, -0.25) is 4.98 Å². The first-order valence-electron chi connectivity index (χ1n) is 7.05. The number of halogens is 1. The van der Waals surface area contributed by atoms with Gasteiger partial charge in [-0.25, -0.2) is 9.97 Å². The highest BCUT2D eigenvalue weighted by Gasteiger charge is 2.22. The highest BCUT2D eigenvalue weighted by atomic mass is 35.5. The number of aryl methyl sites for hydroxylation is 4. The summed E-state index contributed by atoms with van der Waals surface area (Å²) in [5.74, 6) is 0.630. The van der Waals surface area contributed by atoms with E-state index in [0.717, 1.165) is 39.9 Å². The second-order valence-electron chi connectivity index (χ2n) is 5.55. The molecule has 1 aliphatic rings. The topological polar surface area (TPSA) is 38.7 Å². The van der Waals surface area contributed by atoms with Gasteiger partial charge in [-0.05, 0) is 49.8 Å². The van der Waals surface area contributed by atoms with Crippen LogP contribution in [0.3, 0.4) is 0 Å². The fourth-order valence-electron chi connectivity index (χ4n) is 3.01. The zero-order valence-corrected chi connectivity index (χ0v) is 13.5. The summed E-state index contributed by atoms with van der Waals surface area (Å²) in [6.45, 7) is 4.07. The molecule has 4 rings (SSSR count). The third-order valence-electron chi connectivity index (χ3n) is 3.95. The van der Waals surface area contributed by atoms with Crippen molar-refractivity contribution in [2.24, 2.45) is 0 Å². The van der Waals surface area contributed by atoms with Gasteiger partial charge >= 0.3 is 0 Å². The van der Waals surface area contributed by atoms with Gasteiger partial charge in [-0.2, -0.15) is 0 Å². The van der Waals surface area contributed by atoms with Crippen LogP contribution < -0.4 is 0 Å². The van der Waals surface area contributed by atoms with Crippen molar-refractivity contribution in [2.75, 3.05) is 0 Å². The minimum Gasteiger partial charge on any atom is -0.252 e. The maximum absolute atomic E-state index is 6.45. The summed E-state index contributed by atoms with van der Waals surface area (Å²) < 4.78 is 0. The lowest BCUT2D eigenvalue weighted by Crippen LogP contribution is -1.96. The van der Waals surface area contributed by atoms with Crippen molar-refractivity contribution in [3.8, 4) is 11.5 Å². The van der Waals surface area contributed by atoms with Crippen molar-refractivity contribution in [3.63, 3.8) is 0 Å². The zero-order chi connectivity index (χ0) is 14.6. The minimum absolute atomic E-state index is 0.566. The molecule has 0 aromatic carbocycles. The maximum Gasteiger partial charge on any atom is 0.181 e. The Morgan fingerprint density at radius 1 is 1.19 bits per heavy atom. The van der Waals surface area contributed by atoms with E-state index in [0.29, 0.717) is 11.0 Å². The average molecular weight is 316 g/mol. The average Bonchev–Trinajstić information content (AvgIpc) is 2.98. The van der Waals surface area contributed by atoms with Gasteiger partial charge in [-0.1, -0.05) is 17.7 Å². The number of fused-ring (bicyclic) bond motifs is 3. The first-order valence-corrected chi connectivity index (χ1v) is 8.24. The first kappa shape index (κ1) is 13.2. The van der Waals surface area contributed by atoms with E-state index in [2.05, 4.69) is 16.0 Å². The smallest absolute Gasteiger partial charge is 0.181 e. The van der Waals surface area contributed by atoms with Gasteiger partial charge in [0.1, 0.15) is 15.7 Å². The monoisotopic (exact) mass is 315 g/mol. The molecule has 0 atom stereocenters. The largest absolute Gasteiger partial charge is 0.252 e. The van der Waals surface area contributed by atoms with E-state index in [1.165, 1.54) is 16.9 Å². The molecule has 0 unspecified atom stereocenters. The van der Waals surface area contributed by atoms with Crippen molar-refractivity contribution >= 4 is 33.2 Å². The zero-order valence-electron chi connectivity index (χ0n) is 11.9. The number of aromatic nitrogens is 3. The molecule has 1 aliphatic carbocycles. The van der Waals surface area contributed by atoms with Crippen molar-refractivity contribution in [1.82, 2.24) is 15.0 Å². The molecule has 0 spiro atoms. The summed E-state index contributed by atoms with van der Waals surface area (Å²) >= 11 is 8.20. The number of pyridine rings is 1. The van der Waals surface area contributed by atoms with E-state index in [1.54, 1.807) is 11.3 Å². The lowest BCUT2D eigenvalue weighted by Gasteiger charge is -2.06. The predicted octanol–water partition coefficient (Wildman–Crippen LogP) is 4.51. The van der Waals surface area contributed by atoms with Gasteiger partial charge in [0.25, 0.3) is 0 Å². The highest BCUT2D eigenvalue weighted by Crippen LogP contribution is 2.40. The van der Waals surface area contributed by atoms with Crippen LogP contribution in [-0.2, 0) is 12.8 Å². The van der Waals surface area contributed by atoms with Crippen LogP contribution in [0, 0.1) is 13.8 Å². The van der Waals surface area contributed by atoms with Crippen molar-refractivity contribution in [1.29, 1.82) is 0 Å². The molecule has 5 heteroatoms. The quantitative estimate of drug-likeness (QED) is 0.620. The Bertz CT molecular complexity index is 870. The Hall–Kier alpha value is -1.52. The molecule has 0 bridgehead atoms. The van der Waals surface area contributed by atoms with Crippen molar-refractivity contribution in [2.45, 2.75) is 33.1 Å². The highest BCUT2D eigenvalue weighted by molar-refractivity contribution is 7.19. The van der Waals surface area contributed by atoms with E-state index < -0.39 is 0 Å².